The molecular weight excluding hydrogens is 258 g/mol. The van der Waals surface area contributed by atoms with Crippen LogP contribution in [-0.2, 0) is 6.42 Å². The summed E-state index contributed by atoms with van der Waals surface area (Å²) in [6.45, 7) is 0.610. The van der Waals surface area contributed by atoms with Crippen molar-refractivity contribution in [2.24, 2.45) is 5.73 Å². The van der Waals surface area contributed by atoms with Gasteiger partial charge in [0, 0.05) is 17.4 Å². The van der Waals surface area contributed by atoms with E-state index in [4.69, 9.17) is 5.73 Å². The highest BCUT2D eigenvalue weighted by molar-refractivity contribution is 7.09. The summed E-state index contributed by atoms with van der Waals surface area (Å²) in [6.07, 6.45) is 0.796. The average Bonchev–Trinajstić information content (AvgIpc) is 3.08. The number of H-pyrrole nitrogens is 1. The van der Waals surface area contributed by atoms with Gasteiger partial charge < -0.3 is 5.73 Å². The summed E-state index contributed by atoms with van der Waals surface area (Å²) in [5, 5.41) is 10.1. The van der Waals surface area contributed by atoms with Gasteiger partial charge in [-0.05, 0) is 6.54 Å². The molecule has 0 aliphatic heterocycles. The molecule has 96 valence electrons. The van der Waals surface area contributed by atoms with Crippen LogP contribution >= 0.6 is 11.3 Å². The minimum absolute atomic E-state index is 0.610. The number of thiazole rings is 1. The minimum Gasteiger partial charge on any atom is -0.330 e. The van der Waals surface area contributed by atoms with E-state index in [-0.39, 0.29) is 0 Å². The van der Waals surface area contributed by atoms with Crippen molar-refractivity contribution in [3.63, 3.8) is 0 Å². The number of aromatic nitrogens is 4. The van der Waals surface area contributed by atoms with Gasteiger partial charge in [-0.1, -0.05) is 30.3 Å². The van der Waals surface area contributed by atoms with Crippen molar-refractivity contribution in [2.45, 2.75) is 6.42 Å². The third-order valence-corrected chi connectivity index (χ3v) is 3.58. The van der Waals surface area contributed by atoms with E-state index in [1.54, 1.807) is 11.3 Å². The molecule has 0 spiro atoms. The van der Waals surface area contributed by atoms with E-state index in [2.05, 4.69) is 20.2 Å². The zero-order valence-corrected chi connectivity index (χ0v) is 11.0. The average molecular weight is 271 g/mol. The number of hydrogen-bond acceptors (Lipinski definition) is 5. The van der Waals surface area contributed by atoms with E-state index in [1.807, 2.05) is 35.7 Å². The fraction of sp³-hybridized carbons (Fsp3) is 0.154. The van der Waals surface area contributed by atoms with Crippen LogP contribution in [0.25, 0.3) is 22.9 Å². The summed E-state index contributed by atoms with van der Waals surface area (Å²) < 4.78 is 0. The quantitative estimate of drug-likeness (QED) is 0.761. The highest BCUT2D eigenvalue weighted by atomic mass is 32.1. The van der Waals surface area contributed by atoms with Gasteiger partial charge in [0.25, 0.3) is 0 Å². The Bertz CT molecular complexity index is 658. The number of hydrogen-bond donors (Lipinski definition) is 2. The Morgan fingerprint density at radius 1 is 1.16 bits per heavy atom. The van der Waals surface area contributed by atoms with Crippen LogP contribution in [0.15, 0.2) is 35.7 Å². The van der Waals surface area contributed by atoms with E-state index >= 15 is 0 Å². The van der Waals surface area contributed by atoms with Gasteiger partial charge in [0.15, 0.2) is 11.6 Å². The SMILES string of the molecule is NCCc1nc(-c2nc(-c3ccccc3)n[nH]2)cs1. The summed E-state index contributed by atoms with van der Waals surface area (Å²) in [6, 6.07) is 9.86. The molecule has 0 aliphatic carbocycles. The van der Waals surface area contributed by atoms with E-state index in [0.29, 0.717) is 18.2 Å². The third kappa shape index (κ3) is 2.54. The molecule has 0 bridgehead atoms. The first kappa shape index (κ1) is 12.0. The molecule has 1 aromatic carbocycles. The molecule has 2 aromatic heterocycles. The molecule has 19 heavy (non-hydrogen) atoms. The standard InChI is InChI=1S/C13H13N5S/c14-7-6-11-15-10(8-19-11)13-16-12(17-18-13)9-4-2-1-3-5-9/h1-5,8H,6-7,14H2,(H,16,17,18). The van der Waals surface area contributed by atoms with Gasteiger partial charge in [-0.3, -0.25) is 5.10 Å². The van der Waals surface area contributed by atoms with Crippen molar-refractivity contribution in [1.29, 1.82) is 0 Å². The normalized spacial score (nSPS) is 10.8. The van der Waals surface area contributed by atoms with Crippen LogP contribution in [0.2, 0.25) is 0 Å². The second kappa shape index (κ2) is 5.29. The molecule has 0 aliphatic rings. The largest absolute Gasteiger partial charge is 0.330 e. The monoisotopic (exact) mass is 271 g/mol. The summed E-state index contributed by atoms with van der Waals surface area (Å²) in [7, 11) is 0. The lowest BCUT2D eigenvalue weighted by molar-refractivity contribution is 0.952. The molecule has 0 amide bonds. The molecule has 2 heterocycles. The second-order valence-corrected chi connectivity index (χ2v) is 4.98. The first-order valence-corrected chi connectivity index (χ1v) is 6.87. The van der Waals surface area contributed by atoms with E-state index in [9.17, 15) is 0 Å². The Kier molecular flexibility index (Phi) is 3.35. The number of rotatable bonds is 4. The summed E-state index contributed by atoms with van der Waals surface area (Å²) in [5.74, 6) is 1.38. The van der Waals surface area contributed by atoms with Crippen LogP contribution in [0.4, 0.5) is 0 Å². The molecule has 3 aromatic rings. The molecule has 0 saturated heterocycles. The van der Waals surface area contributed by atoms with Gasteiger partial charge in [0.2, 0.25) is 0 Å². The van der Waals surface area contributed by atoms with Crippen LogP contribution in [0.1, 0.15) is 5.01 Å². The molecule has 0 atom stereocenters. The van der Waals surface area contributed by atoms with Gasteiger partial charge in [-0.25, -0.2) is 9.97 Å². The minimum atomic E-state index is 0.610. The van der Waals surface area contributed by atoms with Gasteiger partial charge in [-0.15, -0.1) is 11.3 Å². The number of benzene rings is 1. The lowest BCUT2D eigenvalue weighted by atomic mass is 10.2. The summed E-state index contributed by atoms with van der Waals surface area (Å²) in [4.78, 5) is 8.95. The van der Waals surface area contributed by atoms with Crippen molar-refractivity contribution < 1.29 is 0 Å². The van der Waals surface area contributed by atoms with E-state index in [0.717, 1.165) is 22.7 Å². The topological polar surface area (TPSA) is 80.5 Å². The number of nitrogens with one attached hydrogen (secondary N) is 1. The Hall–Kier alpha value is -2.05. The second-order valence-electron chi connectivity index (χ2n) is 4.04. The van der Waals surface area contributed by atoms with Gasteiger partial charge in [0.05, 0.1) is 5.01 Å². The highest BCUT2D eigenvalue weighted by Gasteiger charge is 2.10. The van der Waals surface area contributed by atoms with Crippen molar-refractivity contribution in [3.05, 3.63) is 40.7 Å². The van der Waals surface area contributed by atoms with Crippen LogP contribution < -0.4 is 5.73 Å². The maximum absolute atomic E-state index is 5.52. The van der Waals surface area contributed by atoms with E-state index in [1.165, 1.54) is 0 Å². The maximum Gasteiger partial charge on any atom is 0.181 e. The van der Waals surface area contributed by atoms with Crippen molar-refractivity contribution in [3.8, 4) is 22.9 Å². The van der Waals surface area contributed by atoms with Gasteiger partial charge in [0.1, 0.15) is 5.69 Å². The lowest BCUT2D eigenvalue weighted by Gasteiger charge is -1.91. The Balaban J connectivity index is 1.88. The lowest BCUT2D eigenvalue weighted by Crippen LogP contribution is -2.02. The zero-order valence-electron chi connectivity index (χ0n) is 10.2. The molecule has 0 unspecified atom stereocenters. The van der Waals surface area contributed by atoms with Crippen LogP contribution in [0, 0.1) is 0 Å². The van der Waals surface area contributed by atoms with E-state index < -0.39 is 0 Å². The number of nitrogens with zero attached hydrogens (tertiary/aromatic N) is 3. The first-order valence-electron chi connectivity index (χ1n) is 5.99. The van der Waals surface area contributed by atoms with Crippen molar-refractivity contribution in [1.82, 2.24) is 20.2 Å². The van der Waals surface area contributed by atoms with Crippen LogP contribution in [0.3, 0.4) is 0 Å². The smallest absolute Gasteiger partial charge is 0.181 e. The molecule has 3 rings (SSSR count). The predicted octanol–water partition coefficient (Wildman–Crippen LogP) is 2.10. The molecule has 3 N–H and O–H groups in total. The van der Waals surface area contributed by atoms with Crippen molar-refractivity contribution >= 4 is 11.3 Å². The Morgan fingerprint density at radius 2 is 2.00 bits per heavy atom. The Labute approximate surface area is 114 Å². The first-order chi connectivity index (χ1) is 9.36. The molecule has 5 nitrogen and oxygen atoms in total. The summed E-state index contributed by atoms with van der Waals surface area (Å²) in [5.41, 5.74) is 7.33. The molecule has 6 heteroatoms. The molecule has 0 radical (unpaired) electrons. The number of aromatic amines is 1. The molecule has 0 saturated carbocycles. The highest BCUT2D eigenvalue weighted by Crippen LogP contribution is 2.21. The fourth-order valence-corrected chi connectivity index (χ4v) is 2.55. The zero-order chi connectivity index (χ0) is 13.1. The summed E-state index contributed by atoms with van der Waals surface area (Å²) >= 11 is 1.60. The van der Waals surface area contributed by atoms with Crippen molar-refractivity contribution in [2.75, 3.05) is 6.54 Å². The third-order valence-electron chi connectivity index (χ3n) is 2.67. The predicted molar refractivity (Wildman–Crippen MR) is 75.7 cm³/mol. The van der Waals surface area contributed by atoms with Crippen LogP contribution in [0.5, 0.6) is 0 Å². The van der Waals surface area contributed by atoms with Gasteiger partial charge >= 0.3 is 0 Å². The molecular formula is C13H13N5S. The number of nitrogens with two attached hydrogens (primary N) is 1. The van der Waals surface area contributed by atoms with Gasteiger partial charge in [-0.2, -0.15) is 5.10 Å². The molecule has 0 fully saturated rings. The maximum atomic E-state index is 5.52. The fourth-order valence-electron chi connectivity index (χ4n) is 1.75. The Morgan fingerprint density at radius 3 is 2.79 bits per heavy atom. The van der Waals surface area contributed by atoms with Crippen LogP contribution in [-0.4, -0.2) is 26.7 Å².